The summed E-state index contributed by atoms with van der Waals surface area (Å²) in [7, 11) is 3.28. The van der Waals surface area contributed by atoms with Crippen LogP contribution in [0.3, 0.4) is 0 Å². The number of aromatic amines is 2. The molecule has 2 heterocycles. The zero-order chi connectivity index (χ0) is 66.4. The summed E-state index contributed by atoms with van der Waals surface area (Å²) in [6, 6.07) is 32.2. The van der Waals surface area contributed by atoms with E-state index in [1.165, 1.54) is 18.2 Å². The second kappa shape index (κ2) is 45.4. The highest BCUT2D eigenvalue weighted by Crippen LogP contribution is 2.26. The third-order valence-electron chi connectivity index (χ3n) is 12.9. The van der Waals surface area contributed by atoms with E-state index in [0.717, 1.165) is 110 Å². The van der Waals surface area contributed by atoms with E-state index >= 15 is 0 Å². The summed E-state index contributed by atoms with van der Waals surface area (Å²) in [6.07, 6.45) is 7.98. The van der Waals surface area contributed by atoms with Gasteiger partial charge in [0.15, 0.2) is 0 Å². The van der Waals surface area contributed by atoms with E-state index < -0.39 is 18.2 Å². The maximum Gasteiger partial charge on any atom is 0.407 e. The van der Waals surface area contributed by atoms with Crippen molar-refractivity contribution in [2.75, 3.05) is 127 Å². The Labute approximate surface area is 536 Å². The van der Waals surface area contributed by atoms with E-state index in [9.17, 15) is 28.8 Å². The molecule has 6 aromatic rings. The molecule has 0 fully saturated rings. The van der Waals surface area contributed by atoms with E-state index in [0.29, 0.717) is 77.1 Å². The van der Waals surface area contributed by atoms with Crippen LogP contribution in [0.4, 0.5) is 60.4 Å². The molecule has 28 heteroatoms. The topological polar surface area (TPSA) is 355 Å². The highest BCUT2D eigenvalue weighted by atomic mass is 16.5. The summed E-state index contributed by atoms with van der Waals surface area (Å²) < 4.78 is 26.4. The predicted octanol–water partition coefficient (Wildman–Crippen LogP) is 10.5. The van der Waals surface area contributed by atoms with Gasteiger partial charge in [0, 0.05) is 88.4 Å². The van der Waals surface area contributed by atoms with Crippen molar-refractivity contribution in [3.8, 4) is 11.5 Å². The Hall–Kier alpha value is -9.89. The number of amides is 5. The molecular formula is C64H88N16O12. The lowest BCUT2D eigenvalue weighted by molar-refractivity contribution is 0.146. The Bertz CT molecular complexity index is 3290. The minimum atomic E-state index is -0.442. The third kappa shape index (κ3) is 32.5. The van der Waals surface area contributed by atoms with Crippen molar-refractivity contribution < 1.29 is 48.0 Å². The maximum atomic E-state index is 12.1. The number of urea groups is 2. The number of carbonyl (C=O) groups excluding carboxylic acids is 4. The summed E-state index contributed by atoms with van der Waals surface area (Å²) in [5, 5.41) is 39.3. The highest BCUT2D eigenvalue weighted by Gasteiger charge is 2.10. The smallest absolute Gasteiger partial charge is 0.407 e. The number of aliphatic hydroxyl groups excluding tert-OH is 1. The Balaban J connectivity index is 0.000000328. The second-order valence-electron chi connectivity index (χ2n) is 20.1. The SMILES string of the molecule is CCN(CCO)c1ccc(N=Nc2ccc(OCCOC)cc2)cc1.CCN(CCOC(=O)NCCCCCCNC(=O)Nc1nc(C)cc(=O)[nH]1)c1ccc(N=Nc2ccc(OCCOC)cc2)cc1.Cc1cc(=O)[nH]c(NC(=O)NCCCCCCN=C=O)n1. The lowest BCUT2D eigenvalue weighted by Crippen LogP contribution is -2.31. The fourth-order valence-electron chi connectivity index (χ4n) is 8.25. The van der Waals surface area contributed by atoms with Gasteiger partial charge in [-0.1, -0.05) is 25.7 Å². The summed E-state index contributed by atoms with van der Waals surface area (Å²) >= 11 is 0. The number of aliphatic imine (C=N–C) groups is 1. The number of aliphatic hydroxyl groups is 1. The zero-order valence-corrected chi connectivity index (χ0v) is 53.4. The largest absolute Gasteiger partial charge is 0.491 e. The number of hydrogen-bond acceptors (Lipinski definition) is 21. The number of nitrogens with zero attached hydrogens (tertiary/aromatic N) is 9. The summed E-state index contributed by atoms with van der Waals surface area (Å²) in [6.45, 7) is 14.8. The van der Waals surface area contributed by atoms with Crippen LogP contribution in [0.15, 0.2) is 144 Å². The Morgan fingerprint density at radius 1 is 0.533 bits per heavy atom. The molecule has 496 valence electrons. The molecule has 5 amide bonds. The molecule has 6 rings (SSSR count). The van der Waals surface area contributed by atoms with Crippen LogP contribution in [-0.4, -0.2) is 155 Å². The average molecular weight is 1270 g/mol. The number of methoxy groups -OCH3 is 2. The normalized spacial score (nSPS) is 10.6. The molecule has 8 N–H and O–H groups in total. The summed E-state index contributed by atoms with van der Waals surface area (Å²) in [4.78, 5) is 88.7. The van der Waals surface area contributed by atoms with E-state index in [2.05, 4.69) is 88.7 Å². The van der Waals surface area contributed by atoms with Crippen molar-refractivity contribution in [3.05, 3.63) is 141 Å². The Morgan fingerprint density at radius 3 is 1.30 bits per heavy atom. The lowest BCUT2D eigenvalue weighted by atomic mass is 10.2. The monoisotopic (exact) mass is 1270 g/mol. The van der Waals surface area contributed by atoms with Crippen molar-refractivity contribution in [2.45, 2.75) is 79.1 Å². The van der Waals surface area contributed by atoms with Crippen LogP contribution >= 0.6 is 0 Å². The molecule has 0 saturated heterocycles. The molecule has 0 unspecified atom stereocenters. The molecule has 0 aliphatic carbocycles. The minimum Gasteiger partial charge on any atom is -0.491 e. The third-order valence-corrected chi connectivity index (χ3v) is 12.9. The highest BCUT2D eigenvalue weighted by molar-refractivity contribution is 5.87. The number of likely N-dealkylation sites (N-methyl/N-ethyl adjacent to an activating group) is 2. The molecule has 2 aromatic heterocycles. The number of hydrogen-bond donors (Lipinski definition) is 8. The van der Waals surface area contributed by atoms with Gasteiger partial charge in [-0.2, -0.15) is 20.5 Å². The number of anilines is 4. The van der Waals surface area contributed by atoms with Crippen LogP contribution in [0, 0.1) is 13.8 Å². The molecular weight excluding hydrogens is 1180 g/mol. The van der Waals surface area contributed by atoms with Crippen LogP contribution in [0.25, 0.3) is 0 Å². The number of rotatable bonds is 37. The Morgan fingerprint density at radius 2 is 0.924 bits per heavy atom. The average Bonchev–Trinajstić information content (AvgIpc) is 3.17. The number of H-pyrrole nitrogens is 2. The van der Waals surface area contributed by atoms with Gasteiger partial charge in [0.25, 0.3) is 11.1 Å². The first-order valence-corrected chi connectivity index (χ1v) is 30.5. The standard InChI is InChI=1S/C32H44N8O6.C19H25N3O3.C13H19N5O3/c1-4-40(27-13-9-25(10-14-27)38-39-26-11-15-28(16-12-26)45-22-21-44-3)19-20-46-32(43)34-18-8-6-5-7-17-33-31(42)37-30-35-24(2)23-29(41)36-30;1-3-22(12-13-23)18-8-4-16(5-9-18)20-21-17-6-10-19(11-7-17)25-15-14-24-2;1-10-8-11(20)17-12(16-10)18-13(21)15-7-5-3-2-4-6-14-9-19/h9-16,23H,4-8,17-22H2,1-3H3,(H,34,43)(H3,33,35,36,37,41,42);4-11,23H,3,12-15H2,1-2H3;8H,2-7H2,1H3,(H3,15,16,17,18,20,21). The molecule has 0 spiro atoms. The van der Waals surface area contributed by atoms with Crippen LogP contribution < -0.4 is 57.0 Å². The van der Waals surface area contributed by atoms with Gasteiger partial charge in [-0.05, 0) is 150 Å². The van der Waals surface area contributed by atoms with Gasteiger partial charge in [0.1, 0.15) is 31.3 Å². The van der Waals surface area contributed by atoms with E-state index in [-0.39, 0.29) is 36.2 Å². The maximum absolute atomic E-state index is 12.1. The van der Waals surface area contributed by atoms with Gasteiger partial charge in [-0.25, -0.2) is 34.1 Å². The van der Waals surface area contributed by atoms with Crippen molar-refractivity contribution >= 4 is 70.3 Å². The second-order valence-corrected chi connectivity index (χ2v) is 20.1. The quantitative estimate of drug-likeness (QED) is 0.00777. The predicted molar refractivity (Wildman–Crippen MR) is 354 cm³/mol. The van der Waals surface area contributed by atoms with Crippen LogP contribution in [0.1, 0.15) is 76.6 Å². The first-order valence-electron chi connectivity index (χ1n) is 30.5. The molecule has 0 aliphatic rings. The number of nitrogens with one attached hydrogen (secondary N) is 7. The number of carbonyl (C=O) groups is 3. The van der Waals surface area contributed by atoms with E-state index in [1.54, 1.807) is 28.1 Å². The number of alkyl carbamates (subject to hydrolysis) is 1. The minimum absolute atomic E-state index is 0.111. The van der Waals surface area contributed by atoms with Gasteiger partial charge >= 0.3 is 18.2 Å². The fraction of sp³-hybridized carbons (Fsp3) is 0.438. The fourth-order valence-corrected chi connectivity index (χ4v) is 8.25. The molecule has 0 atom stereocenters. The zero-order valence-electron chi connectivity index (χ0n) is 53.4. The number of aromatic nitrogens is 4. The van der Waals surface area contributed by atoms with Crippen molar-refractivity contribution in [1.29, 1.82) is 0 Å². The van der Waals surface area contributed by atoms with Crippen molar-refractivity contribution in [2.24, 2.45) is 25.4 Å². The van der Waals surface area contributed by atoms with Crippen LogP contribution in [0.5, 0.6) is 11.5 Å². The molecule has 0 radical (unpaired) electrons. The Kier molecular flexibility index (Phi) is 36.8. The van der Waals surface area contributed by atoms with Crippen LogP contribution in [0.2, 0.25) is 0 Å². The first-order chi connectivity index (χ1) is 44.7. The molecule has 0 saturated carbocycles. The summed E-state index contributed by atoms with van der Waals surface area (Å²) in [5.74, 6) is 1.77. The van der Waals surface area contributed by atoms with Gasteiger partial charge < -0.3 is 54.5 Å². The van der Waals surface area contributed by atoms with Gasteiger partial charge in [0.05, 0.1) is 55.7 Å². The molecule has 0 aliphatic heterocycles. The van der Waals surface area contributed by atoms with E-state index in [1.807, 2.05) is 104 Å². The number of azo groups is 2. The first kappa shape index (κ1) is 74.6. The van der Waals surface area contributed by atoms with Crippen molar-refractivity contribution in [1.82, 2.24) is 35.9 Å². The molecule has 28 nitrogen and oxygen atoms in total. The number of aryl methyl sites for hydroxylation is 2. The molecule has 4 aromatic carbocycles. The van der Waals surface area contributed by atoms with Gasteiger partial charge in [-0.15, -0.1) is 0 Å². The summed E-state index contributed by atoms with van der Waals surface area (Å²) in [5.41, 5.74) is 5.48. The number of isocyanates is 1. The molecule has 92 heavy (non-hydrogen) atoms. The molecule has 0 bridgehead atoms. The van der Waals surface area contributed by atoms with Gasteiger partial charge in [0.2, 0.25) is 18.0 Å². The van der Waals surface area contributed by atoms with Crippen LogP contribution in [-0.2, 0) is 19.0 Å². The number of benzene rings is 4. The van der Waals surface area contributed by atoms with Gasteiger partial charge in [-0.3, -0.25) is 30.2 Å². The van der Waals surface area contributed by atoms with Crippen molar-refractivity contribution in [3.63, 3.8) is 0 Å². The number of ether oxygens (including phenoxy) is 5. The number of unbranched alkanes of at least 4 members (excludes halogenated alkanes) is 6. The lowest BCUT2D eigenvalue weighted by Gasteiger charge is -2.23. The van der Waals surface area contributed by atoms with E-state index in [4.69, 9.17) is 28.8 Å².